The van der Waals surface area contributed by atoms with Crippen molar-refractivity contribution in [2.75, 3.05) is 11.1 Å². The Balaban J connectivity index is 1.57. The first-order valence-corrected chi connectivity index (χ1v) is 10.1. The van der Waals surface area contributed by atoms with Crippen LogP contribution in [-0.2, 0) is 13.0 Å². The van der Waals surface area contributed by atoms with Gasteiger partial charge in [0.05, 0.1) is 10.4 Å². The van der Waals surface area contributed by atoms with Gasteiger partial charge in [-0.15, -0.1) is 0 Å². The number of hydrogen-bond donors (Lipinski definition) is 3. The number of nitrogens with zero attached hydrogens (tertiary/aromatic N) is 4. The smallest absolute Gasteiger partial charge is 0.332 e. The first-order valence-electron chi connectivity index (χ1n) is 10.1. The second-order valence-corrected chi connectivity index (χ2v) is 7.81. The molecule has 0 bridgehead atoms. The van der Waals surface area contributed by atoms with Gasteiger partial charge in [0, 0.05) is 24.2 Å². The number of hydrogen-bond acceptors (Lipinski definition) is 8. The second kappa shape index (κ2) is 8.58. The number of nitrogens with two attached hydrogens (primary N) is 2. The lowest BCUT2D eigenvalue weighted by molar-refractivity contribution is -0.385. The van der Waals surface area contributed by atoms with Crippen molar-refractivity contribution in [3.8, 4) is 0 Å². The van der Waals surface area contributed by atoms with Crippen molar-refractivity contribution in [2.45, 2.75) is 44.7 Å². The highest BCUT2D eigenvalue weighted by molar-refractivity contribution is 5.82. The molecule has 1 fully saturated rings. The van der Waals surface area contributed by atoms with Crippen molar-refractivity contribution in [1.29, 1.82) is 0 Å². The maximum atomic E-state index is 11.6. The van der Waals surface area contributed by atoms with Crippen LogP contribution in [0.2, 0.25) is 0 Å². The first kappa shape index (κ1) is 20.0. The molecule has 0 spiro atoms. The maximum Gasteiger partial charge on any atom is 0.332 e. The molecule has 0 saturated heterocycles. The summed E-state index contributed by atoms with van der Waals surface area (Å²) in [5.41, 5.74) is 14.1. The molecule has 1 saturated carbocycles. The molecule has 4 rings (SSSR count). The minimum Gasteiger partial charge on any atom is -0.378 e. The van der Waals surface area contributed by atoms with Crippen molar-refractivity contribution in [1.82, 2.24) is 15.0 Å². The van der Waals surface area contributed by atoms with Gasteiger partial charge in [0.2, 0.25) is 11.8 Å². The van der Waals surface area contributed by atoms with Crippen LogP contribution >= 0.6 is 0 Å². The molecule has 30 heavy (non-hydrogen) atoms. The zero-order chi connectivity index (χ0) is 21.1. The Hall–Kier alpha value is -3.33. The molecule has 0 aliphatic heterocycles. The van der Waals surface area contributed by atoms with E-state index >= 15 is 0 Å². The lowest BCUT2D eigenvalue weighted by atomic mass is 9.83. The van der Waals surface area contributed by atoms with Gasteiger partial charge in [-0.1, -0.05) is 18.2 Å². The van der Waals surface area contributed by atoms with E-state index in [1.54, 1.807) is 6.20 Å². The Labute approximate surface area is 174 Å². The van der Waals surface area contributed by atoms with Gasteiger partial charge < -0.3 is 16.8 Å². The van der Waals surface area contributed by atoms with E-state index < -0.39 is 4.92 Å². The molecular formula is C21H25N7O2. The quantitative estimate of drug-likeness (QED) is 0.417. The lowest BCUT2D eigenvalue weighted by Gasteiger charge is -2.25. The molecule has 2 heterocycles. The Bertz CT molecular complexity index is 1060. The fourth-order valence-electron chi connectivity index (χ4n) is 4.10. The normalized spacial score (nSPS) is 19.0. The Morgan fingerprint density at radius 1 is 1.13 bits per heavy atom. The fraction of sp³-hybridized carbons (Fsp3) is 0.381. The molecule has 9 nitrogen and oxygen atoms in total. The predicted molar refractivity (Wildman–Crippen MR) is 116 cm³/mol. The number of aromatic nitrogens is 3. The summed E-state index contributed by atoms with van der Waals surface area (Å²) in [4.78, 5) is 24.1. The van der Waals surface area contributed by atoms with E-state index in [2.05, 4.69) is 20.3 Å². The average molecular weight is 407 g/mol. The Morgan fingerprint density at radius 2 is 1.93 bits per heavy atom. The molecule has 2 aromatic heterocycles. The predicted octanol–water partition coefficient (Wildman–Crippen LogP) is 3.19. The SMILES string of the molecule is Nc1nc(NCc2cccc3ncccc23)nc(C[C@H]2CC[C@H](N)CC2)c1[N+](=O)[O-]. The van der Waals surface area contributed by atoms with Crippen LogP contribution in [0.1, 0.15) is 36.9 Å². The standard InChI is InChI=1S/C21H25N7O2/c22-15-8-6-13(7-9-15)11-18-19(28(29)30)20(23)27-21(26-18)25-12-14-3-1-5-17-16(14)4-2-10-24-17/h1-5,10,13,15H,6-9,11-12,22H2,(H3,23,25,26,27)/t13-,15-. The lowest BCUT2D eigenvalue weighted by Crippen LogP contribution is -2.27. The van der Waals surface area contributed by atoms with Gasteiger partial charge in [-0.05, 0) is 55.7 Å². The number of nitrogen functional groups attached to an aromatic ring is 1. The molecule has 0 atom stereocenters. The van der Waals surface area contributed by atoms with Crippen LogP contribution in [0.25, 0.3) is 10.9 Å². The zero-order valence-electron chi connectivity index (χ0n) is 16.6. The third-order valence-electron chi connectivity index (χ3n) is 5.71. The highest BCUT2D eigenvalue weighted by atomic mass is 16.6. The molecule has 156 valence electrons. The van der Waals surface area contributed by atoms with Gasteiger partial charge in [-0.25, -0.2) is 4.98 Å². The number of benzene rings is 1. The minimum atomic E-state index is -0.487. The largest absolute Gasteiger partial charge is 0.378 e. The minimum absolute atomic E-state index is 0.111. The van der Waals surface area contributed by atoms with Crippen molar-refractivity contribution in [3.63, 3.8) is 0 Å². The summed E-state index contributed by atoms with van der Waals surface area (Å²) < 4.78 is 0. The Kier molecular flexibility index (Phi) is 5.71. The summed E-state index contributed by atoms with van der Waals surface area (Å²) in [7, 11) is 0. The first-order chi connectivity index (χ1) is 14.5. The van der Waals surface area contributed by atoms with Gasteiger partial charge >= 0.3 is 5.69 Å². The van der Waals surface area contributed by atoms with Crippen LogP contribution in [-0.4, -0.2) is 25.9 Å². The number of rotatable bonds is 6. The van der Waals surface area contributed by atoms with Crippen molar-refractivity contribution in [2.24, 2.45) is 11.7 Å². The van der Waals surface area contributed by atoms with Crippen molar-refractivity contribution in [3.05, 3.63) is 57.9 Å². The Morgan fingerprint density at radius 3 is 2.70 bits per heavy atom. The summed E-state index contributed by atoms with van der Waals surface area (Å²) in [6.45, 7) is 0.456. The number of anilines is 2. The molecule has 0 unspecified atom stereocenters. The molecule has 1 aliphatic rings. The van der Waals surface area contributed by atoms with Gasteiger partial charge in [-0.2, -0.15) is 4.98 Å². The molecular weight excluding hydrogens is 382 g/mol. The van der Waals surface area contributed by atoms with Crippen LogP contribution in [0.4, 0.5) is 17.5 Å². The topological polar surface area (TPSA) is 146 Å². The van der Waals surface area contributed by atoms with Gasteiger partial charge in [0.15, 0.2) is 0 Å². The summed E-state index contributed by atoms with van der Waals surface area (Å²) >= 11 is 0. The highest BCUT2D eigenvalue weighted by Crippen LogP contribution is 2.32. The van der Waals surface area contributed by atoms with E-state index in [1.165, 1.54) is 0 Å². The number of nitro groups is 1. The van der Waals surface area contributed by atoms with Gasteiger partial charge in [-0.3, -0.25) is 15.1 Å². The van der Waals surface area contributed by atoms with Crippen LogP contribution in [0.3, 0.4) is 0 Å². The third-order valence-corrected chi connectivity index (χ3v) is 5.71. The summed E-state index contributed by atoms with van der Waals surface area (Å²) in [6.07, 6.45) is 5.99. The molecule has 0 radical (unpaired) electrons. The van der Waals surface area contributed by atoms with Gasteiger partial charge in [0.1, 0.15) is 5.69 Å². The number of nitrogens with one attached hydrogen (secondary N) is 1. The summed E-state index contributed by atoms with van der Waals surface area (Å²) in [5, 5.41) is 15.8. The van der Waals surface area contributed by atoms with Crippen LogP contribution in [0.5, 0.6) is 0 Å². The van der Waals surface area contributed by atoms with Gasteiger partial charge in [0.25, 0.3) is 0 Å². The van der Waals surface area contributed by atoms with E-state index in [0.29, 0.717) is 30.5 Å². The maximum absolute atomic E-state index is 11.6. The molecule has 0 amide bonds. The molecule has 5 N–H and O–H groups in total. The summed E-state index contributed by atoms with van der Waals surface area (Å²) in [5.74, 6) is 0.496. The van der Waals surface area contributed by atoms with Crippen LogP contribution < -0.4 is 16.8 Å². The second-order valence-electron chi connectivity index (χ2n) is 7.81. The van der Waals surface area contributed by atoms with E-state index in [-0.39, 0.29) is 17.5 Å². The molecule has 1 aliphatic carbocycles. The van der Waals surface area contributed by atoms with Crippen LogP contribution in [0, 0.1) is 16.0 Å². The van der Waals surface area contributed by atoms with Crippen molar-refractivity contribution < 1.29 is 4.92 Å². The van der Waals surface area contributed by atoms with E-state index in [9.17, 15) is 10.1 Å². The van der Waals surface area contributed by atoms with E-state index in [4.69, 9.17) is 11.5 Å². The number of pyridine rings is 1. The van der Waals surface area contributed by atoms with Crippen LogP contribution in [0.15, 0.2) is 36.5 Å². The number of fused-ring (bicyclic) bond motifs is 1. The third kappa shape index (κ3) is 4.30. The van der Waals surface area contributed by atoms with E-state index in [0.717, 1.165) is 42.1 Å². The molecule has 3 aromatic rings. The highest BCUT2D eigenvalue weighted by Gasteiger charge is 2.27. The monoisotopic (exact) mass is 407 g/mol. The zero-order valence-corrected chi connectivity index (χ0v) is 16.6. The molecule has 1 aromatic carbocycles. The molecule has 9 heteroatoms. The van der Waals surface area contributed by atoms with E-state index in [1.807, 2.05) is 30.3 Å². The average Bonchev–Trinajstić information content (AvgIpc) is 2.73. The summed E-state index contributed by atoms with van der Waals surface area (Å²) in [6, 6.07) is 10.0. The fourth-order valence-corrected chi connectivity index (χ4v) is 4.10. The van der Waals surface area contributed by atoms with Crippen molar-refractivity contribution >= 4 is 28.4 Å².